The normalized spacial score (nSPS) is 11.9. The second kappa shape index (κ2) is 16.3. The van der Waals surface area contributed by atoms with Crippen molar-refractivity contribution in [1.29, 1.82) is 0 Å². The fourth-order valence-electron chi connectivity index (χ4n) is 8.15. The van der Waals surface area contributed by atoms with Crippen molar-refractivity contribution in [1.82, 2.24) is 0 Å². The molecule has 57 heavy (non-hydrogen) atoms. The topological polar surface area (TPSA) is 3.24 Å². The molecule has 0 atom stereocenters. The van der Waals surface area contributed by atoms with E-state index >= 15 is 0 Å². The van der Waals surface area contributed by atoms with E-state index in [1.165, 1.54) is 76.5 Å². The van der Waals surface area contributed by atoms with Crippen molar-refractivity contribution in [3.05, 3.63) is 242 Å². The van der Waals surface area contributed by atoms with Crippen molar-refractivity contribution in [2.45, 2.75) is 12.8 Å². The van der Waals surface area contributed by atoms with Gasteiger partial charge in [-0.15, -0.1) is 0 Å². The highest BCUT2D eigenvalue weighted by atomic mass is 15.1. The second-order valence-corrected chi connectivity index (χ2v) is 14.5. The maximum Gasteiger partial charge on any atom is 0.0461 e. The minimum atomic E-state index is 0.879. The van der Waals surface area contributed by atoms with Crippen LogP contribution in [0.25, 0.3) is 71.4 Å². The average molecular weight is 730 g/mol. The Morgan fingerprint density at radius 1 is 0.474 bits per heavy atom. The van der Waals surface area contributed by atoms with Crippen molar-refractivity contribution in [2.24, 2.45) is 0 Å². The monoisotopic (exact) mass is 729 g/mol. The third kappa shape index (κ3) is 7.44. The van der Waals surface area contributed by atoms with E-state index in [2.05, 4.69) is 236 Å². The van der Waals surface area contributed by atoms with Crippen LogP contribution in [-0.2, 0) is 6.42 Å². The molecular formula is C56H43N. The smallest absolute Gasteiger partial charge is 0.0461 e. The van der Waals surface area contributed by atoms with Crippen molar-refractivity contribution in [3.8, 4) is 22.3 Å². The van der Waals surface area contributed by atoms with Gasteiger partial charge in [-0.2, -0.15) is 0 Å². The molecule has 9 rings (SSSR count). The third-order valence-electron chi connectivity index (χ3n) is 10.9. The van der Waals surface area contributed by atoms with Gasteiger partial charge in [-0.05, 0) is 120 Å². The first-order valence-corrected chi connectivity index (χ1v) is 19.8. The maximum atomic E-state index is 4.60. The van der Waals surface area contributed by atoms with E-state index < -0.39 is 0 Å². The van der Waals surface area contributed by atoms with E-state index in [1.807, 2.05) is 0 Å². The number of allylic oxidation sites excluding steroid dienone is 4. The first-order chi connectivity index (χ1) is 28.2. The third-order valence-corrected chi connectivity index (χ3v) is 10.9. The Labute approximate surface area is 335 Å². The van der Waals surface area contributed by atoms with E-state index in [0.29, 0.717) is 0 Å². The van der Waals surface area contributed by atoms with Crippen molar-refractivity contribution in [3.63, 3.8) is 0 Å². The van der Waals surface area contributed by atoms with Crippen LogP contribution in [0.3, 0.4) is 0 Å². The summed E-state index contributed by atoms with van der Waals surface area (Å²) in [6.07, 6.45) is 14.8. The minimum absolute atomic E-state index is 0.879. The summed E-state index contributed by atoms with van der Waals surface area (Å²) in [4.78, 5) is 2.21. The number of rotatable bonds is 11. The standard InChI is InChI=1S/C56H43N/c1-41(20-5-6-25-44-38-45-26-8-11-31-50(45)53-34-14-13-33-51(44)53)57(37-18-17-24-43-23-7-10-30-49(43)42-21-3-2-4-22-42)48-29-19-28-46(39-48)56-40-47-27-9-12-32-52(47)54-35-15-16-36-55(54)56/h2-16,18-23,25-40H,1,17,24H2/b20-5-,25-6+,37-18+. The lowest BCUT2D eigenvalue weighted by Gasteiger charge is -2.22. The van der Waals surface area contributed by atoms with Crippen LogP contribution in [0.1, 0.15) is 17.5 Å². The lowest BCUT2D eigenvalue weighted by molar-refractivity contribution is 0.995. The highest BCUT2D eigenvalue weighted by Crippen LogP contribution is 2.37. The molecule has 0 aliphatic heterocycles. The van der Waals surface area contributed by atoms with Gasteiger partial charge in [0.05, 0.1) is 0 Å². The van der Waals surface area contributed by atoms with Gasteiger partial charge in [0.1, 0.15) is 0 Å². The summed E-state index contributed by atoms with van der Waals surface area (Å²) in [7, 11) is 0. The van der Waals surface area contributed by atoms with Crippen LogP contribution in [0.15, 0.2) is 231 Å². The minimum Gasteiger partial charge on any atom is -0.318 e. The van der Waals surface area contributed by atoms with Crippen LogP contribution >= 0.6 is 0 Å². The number of aryl methyl sites for hydroxylation is 1. The lowest BCUT2D eigenvalue weighted by atomic mass is 9.93. The zero-order valence-electron chi connectivity index (χ0n) is 31.9. The quantitative estimate of drug-likeness (QED) is 0.0946. The Bertz CT molecular complexity index is 2980. The van der Waals surface area contributed by atoms with Crippen LogP contribution in [0.2, 0.25) is 0 Å². The number of benzene rings is 9. The molecule has 0 aromatic heterocycles. The number of nitrogens with zero attached hydrogens (tertiary/aromatic N) is 1. The van der Waals surface area contributed by atoms with Crippen molar-refractivity contribution < 1.29 is 0 Å². The van der Waals surface area contributed by atoms with Gasteiger partial charge in [0, 0.05) is 17.6 Å². The predicted octanol–water partition coefficient (Wildman–Crippen LogP) is 15.4. The molecule has 0 fully saturated rings. The molecule has 0 amide bonds. The molecule has 1 heteroatoms. The van der Waals surface area contributed by atoms with E-state index in [9.17, 15) is 0 Å². The number of anilines is 1. The molecule has 1 nitrogen and oxygen atoms in total. The molecule has 272 valence electrons. The van der Waals surface area contributed by atoms with Crippen molar-refractivity contribution in [2.75, 3.05) is 4.90 Å². The summed E-state index contributed by atoms with van der Waals surface area (Å²) < 4.78 is 0. The Morgan fingerprint density at radius 2 is 1.07 bits per heavy atom. The fourth-order valence-corrected chi connectivity index (χ4v) is 8.15. The molecule has 0 radical (unpaired) electrons. The van der Waals surface area contributed by atoms with E-state index in [0.717, 1.165) is 24.2 Å². The molecule has 9 aromatic carbocycles. The molecule has 0 spiro atoms. The van der Waals surface area contributed by atoms with Crippen LogP contribution in [0.4, 0.5) is 5.69 Å². The molecule has 0 saturated carbocycles. The van der Waals surface area contributed by atoms with Gasteiger partial charge < -0.3 is 4.90 Å². The highest BCUT2D eigenvalue weighted by Gasteiger charge is 2.12. The SMILES string of the molecule is C=C(/C=C\C=C\c1cc2ccccc2c2ccccc12)N(/C=C/CCc1ccccc1-c1ccccc1)c1cccc(-c2cc3ccccc3c3ccccc23)c1. The summed E-state index contributed by atoms with van der Waals surface area (Å²) >= 11 is 0. The Morgan fingerprint density at radius 3 is 1.84 bits per heavy atom. The first-order valence-electron chi connectivity index (χ1n) is 19.8. The maximum absolute atomic E-state index is 4.60. The zero-order chi connectivity index (χ0) is 38.4. The van der Waals surface area contributed by atoms with Crippen LogP contribution < -0.4 is 4.90 Å². The Kier molecular flexibility index (Phi) is 10.1. The summed E-state index contributed by atoms with van der Waals surface area (Å²) in [6.45, 7) is 4.60. The van der Waals surface area contributed by atoms with E-state index in [4.69, 9.17) is 0 Å². The van der Waals surface area contributed by atoms with E-state index in [-0.39, 0.29) is 0 Å². The molecule has 0 aliphatic rings. The number of fused-ring (bicyclic) bond motifs is 6. The Balaban J connectivity index is 1.04. The van der Waals surface area contributed by atoms with Crippen LogP contribution in [0.5, 0.6) is 0 Å². The van der Waals surface area contributed by atoms with Gasteiger partial charge in [0.25, 0.3) is 0 Å². The summed E-state index contributed by atoms with van der Waals surface area (Å²) in [5.41, 5.74) is 9.41. The summed E-state index contributed by atoms with van der Waals surface area (Å²) in [5, 5.41) is 10.1. The molecule has 0 heterocycles. The molecule has 9 aromatic rings. The Hall–Kier alpha value is -7.22. The highest BCUT2D eigenvalue weighted by molar-refractivity contribution is 6.14. The van der Waals surface area contributed by atoms with Gasteiger partial charge in [0.15, 0.2) is 0 Å². The van der Waals surface area contributed by atoms with Crippen LogP contribution in [-0.4, -0.2) is 0 Å². The number of hydrogen-bond donors (Lipinski definition) is 0. The van der Waals surface area contributed by atoms with Gasteiger partial charge in [-0.3, -0.25) is 0 Å². The van der Waals surface area contributed by atoms with Gasteiger partial charge in [0.2, 0.25) is 0 Å². The summed E-state index contributed by atoms with van der Waals surface area (Å²) in [5.74, 6) is 0. The predicted molar refractivity (Wildman–Crippen MR) is 247 cm³/mol. The van der Waals surface area contributed by atoms with Gasteiger partial charge in [-0.25, -0.2) is 0 Å². The molecule has 0 N–H and O–H groups in total. The lowest BCUT2D eigenvalue weighted by Crippen LogP contribution is -2.13. The molecule has 0 bridgehead atoms. The average Bonchev–Trinajstić information content (AvgIpc) is 3.28. The first kappa shape index (κ1) is 35.5. The molecular weight excluding hydrogens is 687 g/mol. The largest absolute Gasteiger partial charge is 0.318 e. The van der Waals surface area contributed by atoms with E-state index in [1.54, 1.807) is 0 Å². The zero-order valence-corrected chi connectivity index (χ0v) is 31.9. The van der Waals surface area contributed by atoms with Gasteiger partial charge in [-0.1, -0.05) is 195 Å². The van der Waals surface area contributed by atoms with Crippen molar-refractivity contribution >= 4 is 54.9 Å². The molecule has 0 saturated heterocycles. The van der Waals surface area contributed by atoms with Gasteiger partial charge >= 0.3 is 0 Å². The molecule has 0 aliphatic carbocycles. The van der Waals surface area contributed by atoms with Crippen LogP contribution in [0, 0.1) is 0 Å². The second-order valence-electron chi connectivity index (χ2n) is 14.5. The molecule has 0 unspecified atom stereocenters. The number of hydrogen-bond acceptors (Lipinski definition) is 1. The fraction of sp³-hybridized carbons (Fsp3) is 0.0357. The summed E-state index contributed by atoms with van der Waals surface area (Å²) in [6, 6.07) is 67.6.